The second-order valence-corrected chi connectivity index (χ2v) is 6.04. The molecule has 1 amide bonds. The number of carbonyl (C=O) groups excluding carboxylic acids is 1. The Morgan fingerprint density at radius 1 is 0.964 bits per heavy atom. The zero-order valence-corrected chi connectivity index (χ0v) is 16.1. The minimum Gasteiger partial charge on any atom is -0.493 e. The number of ether oxygens (including phenoxy) is 3. The van der Waals surface area contributed by atoms with Gasteiger partial charge in [0.05, 0.1) is 33.4 Å². The third-order valence-electron chi connectivity index (χ3n) is 4.40. The van der Waals surface area contributed by atoms with Crippen LogP contribution in [0.3, 0.4) is 0 Å². The standard InChI is InChI=1S/C21H23N3O4/c1-26-18-10-9-17(19(27-2)20(18)28-3)21(25)22-13-15-7-4-5-8-16(15)14-24-12-6-11-23-24/h4-12H,13-14H2,1-3H3,(H,22,25). The van der Waals surface area contributed by atoms with Crippen LogP contribution in [0, 0.1) is 0 Å². The van der Waals surface area contributed by atoms with Crippen LogP contribution in [0.4, 0.5) is 0 Å². The Hall–Kier alpha value is -3.48. The molecule has 0 spiro atoms. The first-order valence-electron chi connectivity index (χ1n) is 8.79. The molecule has 0 aliphatic heterocycles. The number of amides is 1. The molecule has 0 radical (unpaired) electrons. The Morgan fingerprint density at radius 2 is 1.71 bits per heavy atom. The number of benzene rings is 2. The molecular formula is C21H23N3O4. The molecule has 0 saturated carbocycles. The fraction of sp³-hybridized carbons (Fsp3) is 0.238. The third kappa shape index (κ3) is 4.09. The Balaban J connectivity index is 1.78. The summed E-state index contributed by atoms with van der Waals surface area (Å²) >= 11 is 0. The molecular weight excluding hydrogens is 358 g/mol. The molecule has 1 N–H and O–H groups in total. The number of hydrogen-bond donors (Lipinski definition) is 1. The Morgan fingerprint density at radius 3 is 2.36 bits per heavy atom. The van der Waals surface area contributed by atoms with Crippen molar-refractivity contribution in [1.29, 1.82) is 0 Å². The fourth-order valence-electron chi connectivity index (χ4n) is 3.00. The maximum absolute atomic E-state index is 12.8. The highest BCUT2D eigenvalue weighted by Crippen LogP contribution is 2.39. The summed E-state index contributed by atoms with van der Waals surface area (Å²) in [6.45, 7) is 1.02. The van der Waals surface area contributed by atoms with Crippen molar-refractivity contribution in [3.63, 3.8) is 0 Å². The smallest absolute Gasteiger partial charge is 0.255 e. The van der Waals surface area contributed by atoms with Gasteiger partial charge in [0.15, 0.2) is 11.5 Å². The first-order valence-corrected chi connectivity index (χ1v) is 8.79. The molecule has 0 atom stereocenters. The highest BCUT2D eigenvalue weighted by atomic mass is 16.5. The first-order chi connectivity index (χ1) is 13.7. The maximum Gasteiger partial charge on any atom is 0.255 e. The van der Waals surface area contributed by atoms with Gasteiger partial charge in [0.2, 0.25) is 5.75 Å². The summed E-state index contributed by atoms with van der Waals surface area (Å²) in [6.07, 6.45) is 3.65. The molecule has 0 fully saturated rings. The molecule has 1 aromatic heterocycles. The number of methoxy groups -OCH3 is 3. The first kappa shape index (κ1) is 19.3. The summed E-state index contributed by atoms with van der Waals surface area (Å²) in [5.74, 6) is 0.966. The van der Waals surface area contributed by atoms with Crippen LogP contribution in [-0.2, 0) is 13.1 Å². The minimum atomic E-state index is -0.258. The van der Waals surface area contributed by atoms with E-state index in [1.54, 1.807) is 18.3 Å². The number of hydrogen-bond acceptors (Lipinski definition) is 5. The second kappa shape index (κ2) is 8.94. The average molecular weight is 381 g/mol. The van der Waals surface area contributed by atoms with E-state index in [0.717, 1.165) is 11.1 Å². The molecule has 0 aliphatic carbocycles. The number of nitrogens with zero attached hydrogens (tertiary/aromatic N) is 2. The van der Waals surface area contributed by atoms with Crippen LogP contribution in [0.5, 0.6) is 17.2 Å². The summed E-state index contributed by atoms with van der Waals surface area (Å²) < 4.78 is 17.9. The summed E-state index contributed by atoms with van der Waals surface area (Å²) in [5, 5.41) is 7.19. The van der Waals surface area contributed by atoms with Crippen molar-refractivity contribution < 1.29 is 19.0 Å². The molecule has 3 aromatic rings. The van der Waals surface area contributed by atoms with Crippen LogP contribution < -0.4 is 19.5 Å². The molecule has 0 unspecified atom stereocenters. The van der Waals surface area contributed by atoms with Crippen molar-refractivity contribution in [3.8, 4) is 17.2 Å². The van der Waals surface area contributed by atoms with E-state index in [9.17, 15) is 4.79 Å². The molecule has 146 valence electrons. The average Bonchev–Trinajstić information content (AvgIpc) is 3.24. The quantitative estimate of drug-likeness (QED) is 0.649. The van der Waals surface area contributed by atoms with Gasteiger partial charge in [0, 0.05) is 18.9 Å². The zero-order valence-electron chi connectivity index (χ0n) is 16.1. The lowest BCUT2D eigenvalue weighted by Gasteiger charge is -2.16. The lowest BCUT2D eigenvalue weighted by Crippen LogP contribution is -2.24. The Kier molecular flexibility index (Phi) is 6.16. The van der Waals surface area contributed by atoms with E-state index >= 15 is 0 Å². The van der Waals surface area contributed by atoms with Crippen LogP contribution in [-0.4, -0.2) is 37.0 Å². The van der Waals surface area contributed by atoms with E-state index in [4.69, 9.17) is 14.2 Å². The largest absolute Gasteiger partial charge is 0.493 e. The van der Waals surface area contributed by atoms with Gasteiger partial charge in [-0.25, -0.2) is 0 Å². The number of aromatic nitrogens is 2. The number of nitrogens with one attached hydrogen (secondary N) is 1. The highest BCUT2D eigenvalue weighted by Gasteiger charge is 2.20. The van der Waals surface area contributed by atoms with E-state index in [2.05, 4.69) is 10.4 Å². The summed E-state index contributed by atoms with van der Waals surface area (Å²) in [7, 11) is 4.54. The van der Waals surface area contributed by atoms with Crippen LogP contribution in [0.2, 0.25) is 0 Å². The van der Waals surface area contributed by atoms with Crippen LogP contribution >= 0.6 is 0 Å². The monoisotopic (exact) mass is 381 g/mol. The molecule has 1 heterocycles. The van der Waals surface area contributed by atoms with Crippen LogP contribution in [0.1, 0.15) is 21.5 Å². The van der Waals surface area contributed by atoms with Crippen molar-refractivity contribution in [1.82, 2.24) is 15.1 Å². The van der Waals surface area contributed by atoms with Crippen molar-refractivity contribution in [2.45, 2.75) is 13.1 Å². The second-order valence-electron chi connectivity index (χ2n) is 6.04. The van der Waals surface area contributed by atoms with Gasteiger partial charge in [-0.3, -0.25) is 9.48 Å². The number of carbonyl (C=O) groups is 1. The van der Waals surface area contributed by atoms with Crippen molar-refractivity contribution >= 4 is 5.91 Å². The molecule has 7 heteroatoms. The summed E-state index contributed by atoms with van der Waals surface area (Å²) in [4.78, 5) is 12.8. The van der Waals surface area contributed by atoms with E-state index in [1.165, 1.54) is 21.3 Å². The lowest BCUT2D eigenvalue weighted by atomic mass is 10.1. The summed E-state index contributed by atoms with van der Waals surface area (Å²) in [6, 6.07) is 13.2. The van der Waals surface area contributed by atoms with E-state index in [0.29, 0.717) is 35.9 Å². The van der Waals surface area contributed by atoms with Gasteiger partial charge in [0.1, 0.15) is 0 Å². The van der Waals surface area contributed by atoms with Crippen molar-refractivity contribution in [3.05, 3.63) is 71.5 Å². The minimum absolute atomic E-state index is 0.258. The lowest BCUT2D eigenvalue weighted by molar-refractivity contribution is 0.0947. The van der Waals surface area contributed by atoms with E-state index in [1.807, 2.05) is 41.2 Å². The third-order valence-corrected chi connectivity index (χ3v) is 4.40. The SMILES string of the molecule is COc1ccc(C(=O)NCc2ccccc2Cn2cccn2)c(OC)c1OC. The molecule has 7 nitrogen and oxygen atoms in total. The van der Waals surface area contributed by atoms with Gasteiger partial charge in [-0.15, -0.1) is 0 Å². The van der Waals surface area contributed by atoms with Crippen LogP contribution in [0.25, 0.3) is 0 Å². The molecule has 0 aliphatic rings. The molecule has 0 saturated heterocycles. The van der Waals surface area contributed by atoms with Gasteiger partial charge in [0.25, 0.3) is 5.91 Å². The normalized spacial score (nSPS) is 10.4. The fourth-order valence-corrected chi connectivity index (χ4v) is 3.00. The Bertz CT molecular complexity index is 939. The van der Waals surface area contributed by atoms with Gasteiger partial charge in [-0.1, -0.05) is 24.3 Å². The van der Waals surface area contributed by atoms with E-state index in [-0.39, 0.29) is 5.91 Å². The highest BCUT2D eigenvalue weighted by molar-refractivity contribution is 5.98. The molecule has 2 aromatic carbocycles. The summed E-state index contributed by atoms with van der Waals surface area (Å²) in [5.41, 5.74) is 2.49. The molecule has 28 heavy (non-hydrogen) atoms. The predicted octanol–water partition coefficient (Wildman–Crippen LogP) is 2.89. The molecule has 0 bridgehead atoms. The number of rotatable bonds is 8. The van der Waals surface area contributed by atoms with Crippen molar-refractivity contribution in [2.24, 2.45) is 0 Å². The van der Waals surface area contributed by atoms with E-state index < -0.39 is 0 Å². The predicted molar refractivity (Wildman–Crippen MR) is 105 cm³/mol. The van der Waals surface area contributed by atoms with Gasteiger partial charge >= 0.3 is 0 Å². The topological polar surface area (TPSA) is 74.6 Å². The zero-order chi connectivity index (χ0) is 19.9. The maximum atomic E-state index is 12.8. The van der Waals surface area contributed by atoms with Gasteiger partial charge in [-0.2, -0.15) is 5.10 Å². The van der Waals surface area contributed by atoms with Gasteiger partial charge < -0.3 is 19.5 Å². The van der Waals surface area contributed by atoms with Crippen LogP contribution in [0.15, 0.2) is 54.9 Å². The Labute approximate surface area is 163 Å². The van der Waals surface area contributed by atoms with Gasteiger partial charge in [-0.05, 0) is 29.3 Å². The van der Waals surface area contributed by atoms with Crippen molar-refractivity contribution in [2.75, 3.05) is 21.3 Å². The molecule has 3 rings (SSSR count).